The number of anilines is 4. The van der Waals surface area contributed by atoms with Crippen molar-refractivity contribution >= 4 is 22.7 Å². The van der Waals surface area contributed by atoms with Gasteiger partial charge in [0.25, 0.3) is 0 Å². The normalized spacial score (nSPS) is 10.5. The number of nitrogens with zero attached hydrogens (tertiary/aromatic N) is 2. The van der Waals surface area contributed by atoms with E-state index in [4.69, 9.17) is 0 Å². The van der Waals surface area contributed by atoms with E-state index in [1.807, 2.05) is 6.07 Å². The quantitative estimate of drug-likeness (QED) is 0.380. The maximum absolute atomic E-state index is 2.29. The van der Waals surface area contributed by atoms with E-state index in [1.165, 1.54) is 16.8 Å². The molecule has 4 aromatic carbocycles. The molecule has 0 saturated heterocycles. The van der Waals surface area contributed by atoms with E-state index in [1.54, 1.807) is 0 Å². The Balaban J connectivity index is 1.74. The molecule has 4 aromatic rings. The van der Waals surface area contributed by atoms with E-state index in [0.29, 0.717) is 0 Å². The average Bonchev–Trinajstić information content (AvgIpc) is 2.76. The number of para-hydroxylation sites is 1. The first-order valence-corrected chi connectivity index (χ1v) is 9.50. The lowest BCUT2D eigenvalue weighted by atomic mass is 10.0. The Kier molecular flexibility index (Phi) is 5.11. The summed E-state index contributed by atoms with van der Waals surface area (Å²) in [6, 6.07) is 38.4. The van der Waals surface area contributed by atoms with Gasteiger partial charge >= 0.3 is 0 Å². The predicted octanol–water partition coefficient (Wildman–Crippen LogP) is 6.89. The Hall–Kier alpha value is -3.52. The van der Waals surface area contributed by atoms with Crippen LogP contribution in [-0.2, 0) is 0 Å². The summed E-state index contributed by atoms with van der Waals surface area (Å²) < 4.78 is 0. The molecule has 0 saturated carbocycles. The van der Waals surface area contributed by atoms with Crippen molar-refractivity contribution in [2.75, 3.05) is 23.9 Å². The first kappa shape index (κ1) is 17.9. The van der Waals surface area contributed by atoms with Crippen LogP contribution in [0.1, 0.15) is 0 Å². The highest BCUT2D eigenvalue weighted by Gasteiger charge is 2.12. The van der Waals surface area contributed by atoms with Crippen molar-refractivity contribution in [3.05, 3.63) is 109 Å². The Morgan fingerprint density at radius 3 is 1.32 bits per heavy atom. The van der Waals surface area contributed by atoms with Gasteiger partial charge in [-0.05, 0) is 59.7 Å². The molecule has 4 rings (SSSR count). The zero-order chi connectivity index (χ0) is 19.3. The standard InChI is InChI=1S/C26H24N2/c1-27(2)23-17-19-26(20-18-23)28(24-11-7-4-8-12-24)25-15-13-22(14-16-25)21-9-5-3-6-10-21/h3-20H,1-2H3. The summed E-state index contributed by atoms with van der Waals surface area (Å²) in [5.41, 5.74) is 7.08. The number of hydrogen-bond donors (Lipinski definition) is 0. The minimum absolute atomic E-state index is 1.14. The molecule has 0 amide bonds. The molecule has 0 unspecified atom stereocenters. The zero-order valence-electron chi connectivity index (χ0n) is 16.3. The van der Waals surface area contributed by atoms with E-state index >= 15 is 0 Å². The fraction of sp³-hybridized carbons (Fsp3) is 0.0769. The second kappa shape index (κ2) is 8.01. The highest BCUT2D eigenvalue weighted by molar-refractivity contribution is 5.78. The molecule has 0 bridgehead atoms. The van der Waals surface area contributed by atoms with Gasteiger partial charge in [-0.1, -0.05) is 60.7 Å². The third kappa shape index (κ3) is 3.77. The molecular formula is C26H24N2. The molecule has 0 aliphatic rings. The SMILES string of the molecule is CN(C)c1ccc(N(c2ccccc2)c2ccc(-c3ccccc3)cc2)cc1. The molecule has 138 valence electrons. The Morgan fingerprint density at radius 1 is 0.393 bits per heavy atom. The van der Waals surface area contributed by atoms with Crippen LogP contribution in [0.5, 0.6) is 0 Å². The number of rotatable bonds is 5. The first-order valence-electron chi connectivity index (χ1n) is 9.50. The second-order valence-electron chi connectivity index (χ2n) is 6.99. The van der Waals surface area contributed by atoms with E-state index in [9.17, 15) is 0 Å². The topological polar surface area (TPSA) is 6.48 Å². The lowest BCUT2D eigenvalue weighted by Crippen LogP contribution is -2.11. The maximum atomic E-state index is 2.29. The molecule has 0 fully saturated rings. The molecule has 28 heavy (non-hydrogen) atoms. The largest absolute Gasteiger partial charge is 0.378 e. The lowest BCUT2D eigenvalue weighted by molar-refractivity contribution is 1.13. The minimum atomic E-state index is 1.14. The van der Waals surface area contributed by atoms with Gasteiger partial charge in [0.2, 0.25) is 0 Å². The van der Waals surface area contributed by atoms with Crippen molar-refractivity contribution in [2.24, 2.45) is 0 Å². The van der Waals surface area contributed by atoms with Gasteiger partial charge in [0.05, 0.1) is 0 Å². The van der Waals surface area contributed by atoms with Gasteiger partial charge in [-0.25, -0.2) is 0 Å². The summed E-state index contributed by atoms with van der Waals surface area (Å²) >= 11 is 0. The molecular weight excluding hydrogens is 340 g/mol. The van der Waals surface area contributed by atoms with Crippen molar-refractivity contribution in [3.63, 3.8) is 0 Å². The summed E-state index contributed by atoms with van der Waals surface area (Å²) in [6.45, 7) is 0. The Labute approximate surface area is 167 Å². The van der Waals surface area contributed by atoms with Gasteiger partial charge in [0, 0.05) is 36.8 Å². The summed E-state index contributed by atoms with van der Waals surface area (Å²) in [7, 11) is 4.12. The molecule has 0 N–H and O–H groups in total. The van der Waals surface area contributed by atoms with E-state index in [2.05, 4.69) is 127 Å². The second-order valence-corrected chi connectivity index (χ2v) is 6.99. The zero-order valence-corrected chi connectivity index (χ0v) is 16.3. The van der Waals surface area contributed by atoms with Gasteiger partial charge in [-0.15, -0.1) is 0 Å². The van der Waals surface area contributed by atoms with Crippen molar-refractivity contribution in [1.29, 1.82) is 0 Å². The predicted molar refractivity (Wildman–Crippen MR) is 121 cm³/mol. The van der Waals surface area contributed by atoms with Gasteiger partial charge in [-0.2, -0.15) is 0 Å². The van der Waals surface area contributed by atoms with Gasteiger partial charge < -0.3 is 9.80 Å². The fourth-order valence-electron chi connectivity index (χ4n) is 3.36. The van der Waals surface area contributed by atoms with Crippen LogP contribution in [0, 0.1) is 0 Å². The minimum Gasteiger partial charge on any atom is -0.378 e. The summed E-state index contributed by atoms with van der Waals surface area (Å²) in [4.78, 5) is 4.40. The summed E-state index contributed by atoms with van der Waals surface area (Å²) in [5, 5.41) is 0. The molecule has 0 atom stereocenters. The van der Waals surface area contributed by atoms with Gasteiger partial charge in [-0.3, -0.25) is 0 Å². The van der Waals surface area contributed by atoms with Crippen LogP contribution in [0.25, 0.3) is 11.1 Å². The van der Waals surface area contributed by atoms with Crippen LogP contribution in [0.4, 0.5) is 22.7 Å². The molecule has 0 spiro atoms. The van der Waals surface area contributed by atoms with E-state index in [-0.39, 0.29) is 0 Å². The summed E-state index contributed by atoms with van der Waals surface area (Å²) in [5.74, 6) is 0. The van der Waals surface area contributed by atoms with Gasteiger partial charge in [0.15, 0.2) is 0 Å². The molecule has 0 aromatic heterocycles. The fourth-order valence-corrected chi connectivity index (χ4v) is 3.36. The highest BCUT2D eigenvalue weighted by atomic mass is 15.1. The van der Waals surface area contributed by atoms with Gasteiger partial charge in [0.1, 0.15) is 0 Å². The van der Waals surface area contributed by atoms with Crippen molar-refractivity contribution in [1.82, 2.24) is 0 Å². The molecule has 0 aliphatic carbocycles. The molecule has 2 nitrogen and oxygen atoms in total. The maximum Gasteiger partial charge on any atom is 0.0463 e. The van der Waals surface area contributed by atoms with Crippen molar-refractivity contribution in [2.45, 2.75) is 0 Å². The van der Waals surface area contributed by atoms with Crippen LogP contribution in [0.3, 0.4) is 0 Å². The van der Waals surface area contributed by atoms with Crippen LogP contribution in [0.15, 0.2) is 109 Å². The molecule has 0 radical (unpaired) electrons. The van der Waals surface area contributed by atoms with Crippen molar-refractivity contribution < 1.29 is 0 Å². The van der Waals surface area contributed by atoms with Crippen LogP contribution in [-0.4, -0.2) is 14.1 Å². The van der Waals surface area contributed by atoms with Crippen LogP contribution < -0.4 is 9.80 Å². The first-order chi connectivity index (χ1) is 13.7. The summed E-state index contributed by atoms with van der Waals surface area (Å²) in [6.07, 6.45) is 0. The molecule has 0 heterocycles. The number of hydrogen-bond acceptors (Lipinski definition) is 2. The van der Waals surface area contributed by atoms with E-state index in [0.717, 1.165) is 17.1 Å². The third-order valence-electron chi connectivity index (χ3n) is 4.87. The Bertz CT molecular complexity index is 1010. The van der Waals surface area contributed by atoms with E-state index < -0.39 is 0 Å². The van der Waals surface area contributed by atoms with Crippen LogP contribution >= 0.6 is 0 Å². The third-order valence-corrected chi connectivity index (χ3v) is 4.87. The highest BCUT2D eigenvalue weighted by Crippen LogP contribution is 2.36. The molecule has 0 aliphatic heterocycles. The van der Waals surface area contributed by atoms with Crippen molar-refractivity contribution in [3.8, 4) is 11.1 Å². The lowest BCUT2D eigenvalue weighted by Gasteiger charge is -2.26. The molecule has 2 heteroatoms. The Morgan fingerprint density at radius 2 is 0.786 bits per heavy atom. The smallest absolute Gasteiger partial charge is 0.0463 e. The van der Waals surface area contributed by atoms with Crippen LogP contribution in [0.2, 0.25) is 0 Å². The number of benzene rings is 4. The monoisotopic (exact) mass is 364 g/mol. The average molecular weight is 364 g/mol.